The Morgan fingerprint density at radius 1 is 1.00 bits per heavy atom. The Kier molecular flexibility index (Phi) is 5.84. The number of hydrogen-bond donors (Lipinski definition) is 0. The second-order valence-electron chi connectivity index (χ2n) is 8.30. The van der Waals surface area contributed by atoms with E-state index in [-0.39, 0.29) is 5.97 Å². The fraction of sp³-hybridized carbons (Fsp3) is 0.400. The first-order valence-electron chi connectivity index (χ1n) is 9.88. The maximum Gasteiger partial charge on any atom is 0.318 e. The van der Waals surface area contributed by atoms with Crippen molar-refractivity contribution in [3.05, 3.63) is 83.4 Å². The quantitative estimate of drug-likeness (QED) is 0.472. The maximum absolute atomic E-state index is 13.3. The zero-order valence-corrected chi connectivity index (χ0v) is 16.8. The summed E-state index contributed by atoms with van der Waals surface area (Å²) in [6.07, 6.45) is 4.47. The summed E-state index contributed by atoms with van der Waals surface area (Å²) >= 11 is 0. The molecular weight excluding hydrogens is 332 g/mol. The molecule has 2 atom stereocenters. The average Bonchev–Trinajstić information content (AvgIpc) is 2.63. The lowest BCUT2D eigenvalue weighted by Crippen LogP contribution is -2.42. The number of esters is 1. The molecule has 1 unspecified atom stereocenters. The van der Waals surface area contributed by atoms with Crippen LogP contribution >= 0.6 is 0 Å². The normalized spacial score (nSPS) is 20.3. The van der Waals surface area contributed by atoms with Gasteiger partial charge in [0.1, 0.15) is 11.5 Å². The first-order valence-corrected chi connectivity index (χ1v) is 9.88. The van der Waals surface area contributed by atoms with E-state index in [1.807, 2.05) is 60.7 Å². The Balaban J connectivity index is 1.87. The van der Waals surface area contributed by atoms with Gasteiger partial charge in [-0.3, -0.25) is 4.79 Å². The third-order valence-electron chi connectivity index (χ3n) is 5.79. The van der Waals surface area contributed by atoms with E-state index in [0.29, 0.717) is 11.8 Å². The molecule has 1 aliphatic carbocycles. The van der Waals surface area contributed by atoms with Crippen molar-refractivity contribution in [2.45, 2.75) is 52.1 Å². The van der Waals surface area contributed by atoms with Crippen LogP contribution in [0.1, 0.15) is 57.6 Å². The Morgan fingerprint density at radius 2 is 1.52 bits per heavy atom. The van der Waals surface area contributed by atoms with E-state index in [1.165, 1.54) is 5.57 Å². The zero-order valence-electron chi connectivity index (χ0n) is 16.8. The Morgan fingerprint density at radius 3 is 2.00 bits per heavy atom. The smallest absolute Gasteiger partial charge is 0.318 e. The Bertz CT molecular complexity index is 750. The van der Waals surface area contributed by atoms with Crippen LogP contribution < -0.4 is 0 Å². The zero-order chi connectivity index (χ0) is 19.4. The van der Waals surface area contributed by atoms with E-state index in [2.05, 4.69) is 33.8 Å². The van der Waals surface area contributed by atoms with Gasteiger partial charge in [-0.1, -0.05) is 79.2 Å². The number of benzene rings is 2. The van der Waals surface area contributed by atoms with Crippen molar-refractivity contribution in [1.29, 1.82) is 0 Å². The van der Waals surface area contributed by atoms with Crippen molar-refractivity contribution in [3.8, 4) is 0 Å². The van der Waals surface area contributed by atoms with Gasteiger partial charge in [0.05, 0.1) is 0 Å². The molecule has 0 fully saturated rings. The van der Waals surface area contributed by atoms with Crippen molar-refractivity contribution in [2.75, 3.05) is 0 Å². The summed E-state index contributed by atoms with van der Waals surface area (Å²) in [5.41, 5.74) is 2.87. The summed E-state index contributed by atoms with van der Waals surface area (Å²) in [5.74, 6) is 0.171. The van der Waals surface area contributed by atoms with Crippen LogP contribution in [0.5, 0.6) is 0 Å². The van der Waals surface area contributed by atoms with Gasteiger partial charge in [0.15, 0.2) is 0 Å². The Labute approximate surface area is 163 Å². The predicted molar refractivity (Wildman–Crippen MR) is 111 cm³/mol. The molecule has 0 radical (unpaired) electrons. The molecule has 0 heterocycles. The molecule has 0 spiro atoms. The van der Waals surface area contributed by atoms with Crippen molar-refractivity contribution >= 4 is 5.97 Å². The number of ether oxygens (including phenoxy) is 1. The van der Waals surface area contributed by atoms with Crippen LogP contribution in [0.2, 0.25) is 0 Å². The van der Waals surface area contributed by atoms with Crippen molar-refractivity contribution in [3.63, 3.8) is 0 Å². The highest BCUT2D eigenvalue weighted by Crippen LogP contribution is 2.39. The number of rotatable bonds is 5. The number of hydrogen-bond acceptors (Lipinski definition) is 2. The Hall–Kier alpha value is -2.35. The highest BCUT2D eigenvalue weighted by molar-refractivity contribution is 5.82. The molecule has 1 aliphatic rings. The molecular formula is C25H30O2. The largest absolute Gasteiger partial charge is 0.459 e. The van der Waals surface area contributed by atoms with Gasteiger partial charge in [-0.15, -0.1) is 0 Å². The van der Waals surface area contributed by atoms with E-state index >= 15 is 0 Å². The second kappa shape index (κ2) is 8.12. The molecule has 0 aromatic heterocycles. The summed E-state index contributed by atoms with van der Waals surface area (Å²) < 4.78 is 6.19. The van der Waals surface area contributed by atoms with Crippen LogP contribution in [0.4, 0.5) is 0 Å². The minimum atomic E-state index is -0.504. The first kappa shape index (κ1) is 19.4. The second-order valence-corrected chi connectivity index (χ2v) is 8.30. The molecule has 0 bridgehead atoms. The van der Waals surface area contributed by atoms with E-state index in [4.69, 9.17) is 4.74 Å². The minimum Gasteiger partial charge on any atom is -0.459 e. The van der Waals surface area contributed by atoms with E-state index in [1.54, 1.807) is 0 Å². The van der Waals surface area contributed by atoms with Gasteiger partial charge in [0.25, 0.3) is 0 Å². The molecule has 2 aromatic carbocycles. The predicted octanol–water partition coefficient (Wildman–Crippen LogP) is 6.13. The van der Waals surface area contributed by atoms with Gasteiger partial charge in [0, 0.05) is 5.92 Å². The number of carbonyl (C=O) groups is 1. The molecule has 0 saturated heterocycles. The third-order valence-corrected chi connectivity index (χ3v) is 5.79. The van der Waals surface area contributed by atoms with Crippen molar-refractivity contribution < 1.29 is 9.53 Å². The number of allylic oxidation sites excluding steroid dienone is 2. The molecule has 2 nitrogen and oxygen atoms in total. The van der Waals surface area contributed by atoms with E-state index in [0.717, 1.165) is 24.0 Å². The van der Waals surface area contributed by atoms with E-state index < -0.39 is 11.5 Å². The molecule has 3 rings (SSSR count). The molecule has 27 heavy (non-hydrogen) atoms. The van der Waals surface area contributed by atoms with Crippen LogP contribution in [0.3, 0.4) is 0 Å². The topological polar surface area (TPSA) is 26.3 Å². The van der Waals surface area contributed by atoms with Crippen LogP contribution in [0, 0.1) is 11.8 Å². The monoisotopic (exact) mass is 362 g/mol. The third kappa shape index (κ3) is 4.50. The van der Waals surface area contributed by atoms with Gasteiger partial charge in [-0.2, -0.15) is 0 Å². The van der Waals surface area contributed by atoms with Gasteiger partial charge in [-0.05, 0) is 50.7 Å². The lowest BCUT2D eigenvalue weighted by atomic mass is 9.73. The highest BCUT2D eigenvalue weighted by atomic mass is 16.6. The fourth-order valence-corrected chi connectivity index (χ4v) is 4.42. The first-order chi connectivity index (χ1) is 12.9. The van der Waals surface area contributed by atoms with Gasteiger partial charge >= 0.3 is 5.97 Å². The summed E-state index contributed by atoms with van der Waals surface area (Å²) in [4.78, 5) is 13.3. The molecule has 0 amide bonds. The summed E-state index contributed by atoms with van der Waals surface area (Å²) in [6, 6.07) is 19.8. The standard InChI is InChI=1S/C25H30O2/c1-18-15-16-22(19(2)17-18)25(3,4)27-24(26)23(20-11-7-5-8-12-20)21-13-9-6-10-14-21/h5-14,17,19,22-23H,15-16H2,1-4H3/t19?,22-/m1/s1. The average molecular weight is 363 g/mol. The van der Waals surface area contributed by atoms with Crippen LogP contribution in [-0.2, 0) is 9.53 Å². The molecule has 0 aliphatic heterocycles. The maximum atomic E-state index is 13.3. The van der Waals surface area contributed by atoms with Crippen molar-refractivity contribution in [1.82, 2.24) is 0 Å². The SMILES string of the molecule is CC1=CC(C)[C@H](C(C)(C)OC(=O)C(c2ccccc2)c2ccccc2)CC1. The molecule has 142 valence electrons. The summed E-state index contributed by atoms with van der Waals surface area (Å²) in [6.45, 7) is 8.54. The lowest BCUT2D eigenvalue weighted by Gasteiger charge is -2.40. The number of carbonyl (C=O) groups excluding carboxylic acids is 1. The fourth-order valence-electron chi connectivity index (χ4n) is 4.42. The molecule has 0 N–H and O–H groups in total. The van der Waals surface area contributed by atoms with Crippen LogP contribution in [0.15, 0.2) is 72.3 Å². The summed E-state index contributed by atoms with van der Waals surface area (Å²) in [5, 5.41) is 0. The van der Waals surface area contributed by atoms with Crippen LogP contribution in [-0.4, -0.2) is 11.6 Å². The van der Waals surface area contributed by atoms with Gasteiger partial charge in [-0.25, -0.2) is 0 Å². The van der Waals surface area contributed by atoms with Gasteiger partial charge in [0.2, 0.25) is 0 Å². The van der Waals surface area contributed by atoms with Crippen molar-refractivity contribution in [2.24, 2.45) is 11.8 Å². The highest BCUT2D eigenvalue weighted by Gasteiger charge is 2.39. The lowest BCUT2D eigenvalue weighted by molar-refractivity contribution is -0.164. The molecule has 2 aromatic rings. The molecule has 0 saturated carbocycles. The summed E-state index contributed by atoms with van der Waals surface area (Å²) in [7, 11) is 0. The molecule has 2 heteroatoms. The van der Waals surface area contributed by atoms with E-state index in [9.17, 15) is 4.79 Å². The van der Waals surface area contributed by atoms with Gasteiger partial charge < -0.3 is 4.74 Å². The van der Waals surface area contributed by atoms with Crippen LogP contribution in [0.25, 0.3) is 0 Å². The minimum absolute atomic E-state index is 0.170.